The first-order valence-electron chi connectivity index (χ1n) is 6.66. The third kappa shape index (κ3) is 2.46. The first kappa shape index (κ1) is 10.3. The molecule has 0 saturated heterocycles. The van der Waals surface area contributed by atoms with Crippen LogP contribution in [0.2, 0.25) is 0 Å². The predicted molar refractivity (Wildman–Crippen MR) is 64.2 cm³/mol. The smallest absolute Gasteiger partial charge is 0.120 e. The number of aromatic nitrogens is 2. The van der Waals surface area contributed by atoms with Gasteiger partial charge >= 0.3 is 0 Å². The van der Waals surface area contributed by atoms with Crippen LogP contribution < -0.4 is 5.32 Å². The Bertz CT molecular complexity index is 335. The molecule has 0 spiro atoms. The van der Waals surface area contributed by atoms with Crippen LogP contribution in [0.25, 0.3) is 0 Å². The van der Waals surface area contributed by atoms with Crippen LogP contribution in [-0.4, -0.2) is 16.5 Å². The highest BCUT2D eigenvalue weighted by Gasteiger charge is 2.21. The molecule has 1 aromatic heterocycles. The topological polar surface area (TPSA) is 40.7 Å². The van der Waals surface area contributed by atoms with E-state index >= 15 is 0 Å². The highest BCUT2D eigenvalue weighted by atomic mass is 15.0. The largest absolute Gasteiger partial charge is 0.345 e. The Kier molecular flexibility index (Phi) is 2.96. The number of nitrogens with one attached hydrogen (secondary N) is 2. The van der Waals surface area contributed by atoms with Crippen molar-refractivity contribution in [1.29, 1.82) is 0 Å². The van der Waals surface area contributed by atoms with Gasteiger partial charge in [0, 0.05) is 17.8 Å². The maximum absolute atomic E-state index is 4.46. The van der Waals surface area contributed by atoms with Crippen molar-refractivity contribution in [1.82, 2.24) is 15.3 Å². The van der Waals surface area contributed by atoms with E-state index in [4.69, 9.17) is 0 Å². The molecule has 2 N–H and O–H groups in total. The zero-order valence-electron chi connectivity index (χ0n) is 9.84. The molecule has 0 unspecified atom stereocenters. The molecule has 2 aliphatic carbocycles. The number of nitrogens with zero attached hydrogens (tertiary/aromatic N) is 1. The van der Waals surface area contributed by atoms with Gasteiger partial charge in [0.15, 0.2) is 0 Å². The van der Waals surface area contributed by atoms with E-state index in [1.807, 2.05) is 6.20 Å². The molecule has 3 rings (SSSR count). The molecule has 16 heavy (non-hydrogen) atoms. The van der Waals surface area contributed by atoms with Gasteiger partial charge in [-0.25, -0.2) is 4.98 Å². The molecule has 2 fully saturated rings. The number of H-pyrrole nitrogens is 1. The molecule has 1 heterocycles. The number of imidazole rings is 1. The molecular weight excluding hydrogens is 198 g/mol. The average molecular weight is 219 g/mol. The highest BCUT2D eigenvalue weighted by Crippen LogP contribution is 2.32. The Labute approximate surface area is 97.0 Å². The normalized spacial score (nSPS) is 21.8. The summed E-state index contributed by atoms with van der Waals surface area (Å²) in [6, 6.07) is 0. The van der Waals surface area contributed by atoms with E-state index in [1.165, 1.54) is 50.8 Å². The van der Waals surface area contributed by atoms with E-state index in [9.17, 15) is 0 Å². The predicted octanol–water partition coefficient (Wildman–Crippen LogP) is 2.57. The van der Waals surface area contributed by atoms with Crippen molar-refractivity contribution in [3.63, 3.8) is 0 Å². The van der Waals surface area contributed by atoms with Gasteiger partial charge in [-0.15, -0.1) is 0 Å². The van der Waals surface area contributed by atoms with Gasteiger partial charge in [-0.2, -0.15) is 0 Å². The summed E-state index contributed by atoms with van der Waals surface area (Å²) in [6.07, 6.45) is 10.3. The fourth-order valence-electron chi connectivity index (χ4n) is 2.63. The SMILES string of the molecule is c1nc(CNCC2CC2)[nH]c1C1CCCC1. The van der Waals surface area contributed by atoms with Gasteiger partial charge in [0.1, 0.15) is 5.82 Å². The number of rotatable bonds is 5. The standard InChI is InChI=1S/C13H21N3/c1-2-4-11(3-1)12-8-15-13(16-12)9-14-7-10-5-6-10/h8,10-11,14H,1-7,9H2,(H,15,16). The lowest BCUT2D eigenvalue weighted by atomic mass is 10.1. The maximum Gasteiger partial charge on any atom is 0.120 e. The van der Waals surface area contributed by atoms with E-state index in [2.05, 4.69) is 15.3 Å². The Morgan fingerprint density at radius 2 is 2.06 bits per heavy atom. The van der Waals surface area contributed by atoms with Crippen molar-refractivity contribution >= 4 is 0 Å². The Morgan fingerprint density at radius 3 is 2.81 bits per heavy atom. The van der Waals surface area contributed by atoms with Gasteiger partial charge in [0.2, 0.25) is 0 Å². The van der Waals surface area contributed by atoms with E-state index in [1.54, 1.807) is 0 Å². The fourth-order valence-corrected chi connectivity index (χ4v) is 2.63. The minimum absolute atomic E-state index is 0.754. The molecule has 0 aromatic carbocycles. The second kappa shape index (κ2) is 4.58. The van der Waals surface area contributed by atoms with Gasteiger partial charge < -0.3 is 10.3 Å². The van der Waals surface area contributed by atoms with E-state index in [-0.39, 0.29) is 0 Å². The molecule has 2 saturated carbocycles. The van der Waals surface area contributed by atoms with Crippen molar-refractivity contribution in [2.24, 2.45) is 5.92 Å². The molecule has 1 aromatic rings. The average Bonchev–Trinajstić information content (AvgIpc) is 2.83. The van der Waals surface area contributed by atoms with Gasteiger partial charge in [0.05, 0.1) is 6.54 Å². The molecule has 0 atom stereocenters. The van der Waals surface area contributed by atoms with Gasteiger partial charge in [-0.1, -0.05) is 12.8 Å². The van der Waals surface area contributed by atoms with Crippen LogP contribution >= 0.6 is 0 Å². The monoisotopic (exact) mass is 219 g/mol. The number of aromatic amines is 1. The molecule has 3 heteroatoms. The molecule has 0 radical (unpaired) electrons. The zero-order chi connectivity index (χ0) is 10.8. The van der Waals surface area contributed by atoms with Crippen LogP contribution in [0.1, 0.15) is 56.0 Å². The molecule has 0 amide bonds. The summed E-state index contributed by atoms with van der Waals surface area (Å²) in [5, 5.41) is 3.47. The van der Waals surface area contributed by atoms with E-state index in [0.717, 1.165) is 24.2 Å². The second-order valence-corrected chi connectivity index (χ2v) is 5.34. The van der Waals surface area contributed by atoms with Crippen molar-refractivity contribution in [2.75, 3.05) is 6.54 Å². The Morgan fingerprint density at radius 1 is 1.25 bits per heavy atom. The third-order valence-corrected chi connectivity index (χ3v) is 3.87. The molecule has 0 aliphatic heterocycles. The van der Waals surface area contributed by atoms with Crippen LogP contribution in [0.3, 0.4) is 0 Å². The minimum atomic E-state index is 0.754. The maximum atomic E-state index is 4.46. The summed E-state index contributed by atoms with van der Waals surface area (Å²) < 4.78 is 0. The highest BCUT2D eigenvalue weighted by molar-refractivity contribution is 5.09. The summed E-state index contributed by atoms with van der Waals surface area (Å²) in [5.74, 6) is 2.82. The zero-order valence-corrected chi connectivity index (χ0v) is 9.84. The molecule has 88 valence electrons. The number of hydrogen-bond acceptors (Lipinski definition) is 2. The fraction of sp³-hybridized carbons (Fsp3) is 0.769. The molecular formula is C13H21N3. The summed E-state index contributed by atoms with van der Waals surface area (Å²) in [5.41, 5.74) is 1.36. The lowest BCUT2D eigenvalue weighted by Gasteiger charge is -2.04. The Balaban J connectivity index is 1.50. The van der Waals surface area contributed by atoms with Crippen LogP contribution in [0, 0.1) is 5.92 Å². The minimum Gasteiger partial charge on any atom is -0.345 e. The summed E-state index contributed by atoms with van der Waals surface area (Å²) in [6.45, 7) is 2.07. The first-order valence-corrected chi connectivity index (χ1v) is 6.66. The van der Waals surface area contributed by atoms with Crippen molar-refractivity contribution in [3.8, 4) is 0 Å². The van der Waals surface area contributed by atoms with Crippen LogP contribution in [0.5, 0.6) is 0 Å². The van der Waals surface area contributed by atoms with Crippen LogP contribution in [0.15, 0.2) is 6.20 Å². The quantitative estimate of drug-likeness (QED) is 0.799. The van der Waals surface area contributed by atoms with Gasteiger partial charge in [0.25, 0.3) is 0 Å². The lowest BCUT2D eigenvalue weighted by Crippen LogP contribution is -2.17. The molecule has 3 nitrogen and oxygen atoms in total. The summed E-state index contributed by atoms with van der Waals surface area (Å²) >= 11 is 0. The summed E-state index contributed by atoms with van der Waals surface area (Å²) in [4.78, 5) is 7.94. The van der Waals surface area contributed by atoms with E-state index in [0.29, 0.717) is 0 Å². The lowest BCUT2D eigenvalue weighted by molar-refractivity contribution is 0.619. The number of hydrogen-bond donors (Lipinski definition) is 2. The molecule has 0 bridgehead atoms. The van der Waals surface area contributed by atoms with E-state index < -0.39 is 0 Å². The second-order valence-electron chi connectivity index (χ2n) is 5.34. The van der Waals surface area contributed by atoms with Crippen molar-refractivity contribution < 1.29 is 0 Å². The van der Waals surface area contributed by atoms with Gasteiger partial charge in [-0.3, -0.25) is 0 Å². The van der Waals surface area contributed by atoms with Crippen LogP contribution in [-0.2, 0) is 6.54 Å². The van der Waals surface area contributed by atoms with Crippen molar-refractivity contribution in [2.45, 2.75) is 51.0 Å². The summed E-state index contributed by atoms with van der Waals surface area (Å²) in [7, 11) is 0. The van der Waals surface area contributed by atoms with Crippen LogP contribution in [0.4, 0.5) is 0 Å². The Hall–Kier alpha value is -0.830. The third-order valence-electron chi connectivity index (χ3n) is 3.87. The van der Waals surface area contributed by atoms with Crippen molar-refractivity contribution in [3.05, 3.63) is 17.7 Å². The molecule has 2 aliphatic rings. The van der Waals surface area contributed by atoms with Gasteiger partial charge in [-0.05, 0) is 38.1 Å². The first-order chi connectivity index (χ1) is 7.92.